The van der Waals surface area contributed by atoms with E-state index in [1.165, 1.54) is 30.4 Å². The Morgan fingerprint density at radius 2 is 1.83 bits per heavy atom. The van der Waals surface area contributed by atoms with Crippen LogP contribution in [0.4, 0.5) is 8.78 Å². The summed E-state index contributed by atoms with van der Waals surface area (Å²) in [5, 5.41) is 0. The van der Waals surface area contributed by atoms with Crippen LogP contribution in [0.3, 0.4) is 0 Å². The van der Waals surface area contributed by atoms with E-state index in [1.807, 2.05) is 6.92 Å². The first-order valence-electron chi connectivity index (χ1n) is 5.17. The van der Waals surface area contributed by atoms with Crippen molar-refractivity contribution >= 4 is 33.0 Å². The summed E-state index contributed by atoms with van der Waals surface area (Å²) in [6.45, 7) is 3.29. The lowest BCUT2D eigenvalue weighted by atomic mass is 10.1. The van der Waals surface area contributed by atoms with Crippen LogP contribution < -0.4 is 0 Å². The van der Waals surface area contributed by atoms with Gasteiger partial charge in [0.05, 0.1) is 14.2 Å². The predicted octanol–water partition coefficient (Wildman–Crippen LogP) is 4.64. The molecule has 1 aromatic carbocycles. The number of halogens is 3. The van der Waals surface area contributed by atoms with Gasteiger partial charge in [0.1, 0.15) is 0 Å². The van der Waals surface area contributed by atoms with E-state index >= 15 is 0 Å². The van der Waals surface area contributed by atoms with Crippen LogP contribution in [0.5, 0.6) is 0 Å². The molecule has 94 valence electrons. The molecule has 0 N–H and O–H groups in total. The van der Waals surface area contributed by atoms with E-state index in [1.54, 1.807) is 6.07 Å². The molecule has 5 heteroatoms. The van der Waals surface area contributed by atoms with Gasteiger partial charge < -0.3 is 0 Å². The van der Waals surface area contributed by atoms with Crippen LogP contribution in [0.1, 0.15) is 26.4 Å². The third-order valence-electron chi connectivity index (χ3n) is 2.60. The minimum absolute atomic E-state index is 0.188. The Labute approximate surface area is 116 Å². The molecule has 0 aliphatic carbocycles. The summed E-state index contributed by atoms with van der Waals surface area (Å²) in [7, 11) is 0. The maximum absolute atomic E-state index is 13.7. The topological polar surface area (TPSA) is 17.1 Å². The van der Waals surface area contributed by atoms with E-state index < -0.39 is 17.4 Å². The molecule has 2 rings (SSSR count). The number of hydrogen-bond acceptors (Lipinski definition) is 2. The maximum Gasteiger partial charge on any atom is 0.206 e. The van der Waals surface area contributed by atoms with Crippen molar-refractivity contribution in [2.45, 2.75) is 13.8 Å². The molecule has 1 heterocycles. The molecule has 2 aromatic rings. The van der Waals surface area contributed by atoms with Gasteiger partial charge in [0, 0.05) is 0 Å². The third-order valence-corrected chi connectivity index (χ3v) is 4.74. The molecule has 0 fully saturated rings. The van der Waals surface area contributed by atoms with Gasteiger partial charge in [0.2, 0.25) is 5.78 Å². The summed E-state index contributed by atoms with van der Waals surface area (Å²) in [6, 6.07) is 4.38. The minimum Gasteiger partial charge on any atom is -0.288 e. The Morgan fingerprint density at radius 1 is 1.17 bits per heavy atom. The number of rotatable bonds is 2. The van der Waals surface area contributed by atoms with E-state index in [0.717, 1.165) is 9.35 Å². The van der Waals surface area contributed by atoms with Crippen molar-refractivity contribution in [2.75, 3.05) is 0 Å². The highest BCUT2D eigenvalue weighted by Gasteiger charge is 2.20. The Balaban J connectivity index is 2.50. The fraction of sp³-hybridized carbons (Fsp3) is 0.154. The second kappa shape index (κ2) is 4.90. The molecule has 0 saturated carbocycles. The number of ketones is 1. The quantitative estimate of drug-likeness (QED) is 0.733. The van der Waals surface area contributed by atoms with Crippen LogP contribution in [-0.4, -0.2) is 5.78 Å². The highest BCUT2D eigenvalue weighted by Crippen LogP contribution is 2.30. The van der Waals surface area contributed by atoms with Crippen LogP contribution in [0.25, 0.3) is 0 Å². The molecule has 0 spiro atoms. The number of thiophene rings is 1. The summed E-state index contributed by atoms with van der Waals surface area (Å²) in [4.78, 5) is 12.5. The van der Waals surface area contributed by atoms with Crippen molar-refractivity contribution in [3.8, 4) is 0 Å². The summed E-state index contributed by atoms with van der Waals surface area (Å²) in [5.41, 5.74) is 0.857. The Kier molecular flexibility index (Phi) is 3.64. The van der Waals surface area contributed by atoms with Crippen LogP contribution >= 0.6 is 27.3 Å². The largest absolute Gasteiger partial charge is 0.288 e. The Hall–Kier alpha value is -1.07. The van der Waals surface area contributed by atoms with Crippen molar-refractivity contribution in [3.63, 3.8) is 0 Å². The first kappa shape index (κ1) is 13.4. The lowest BCUT2D eigenvalue weighted by Gasteiger charge is -2.03. The number of carbonyl (C=O) groups excluding carboxylic acids is 1. The fourth-order valence-electron chi connectivity index (χ4n) is 1.53. The SMILES string of the molecule is Cc1cc(C(=O)c2ccc(C)c(F)c2F)sc1Br. The van der Waals surface area contributed by atoms with Crippen LogP contribution in [0.15, 0.2) is 22.0 Å². The van der Waals surface area contributed by atoms with E-state index in [-0.39, 0.29) is 11.1 Å². The fourth-order valence-corrected chi connectivity index (χ4v) is 3.01. The van der Waals surface area contributed by atoms with Crippen molar-refractivity contribution in [3.05, 3.63) is 55.2 Å². The van der Waals surface area contributed by atoms with Crippen molar-refractivity contribution in [2.24, 2.45) is 0 Å². The van der Waals surface area contributed by atoms with Crippen molar-refractivity contribution in [1.29, 1.82) is 0 Å². The first-order chi connectivity index (χ1) is 8.41. The standard InChI is InChI=1S/C13H9BrF2OS/c1-6-3-4-8(11(16)10(6)15)12(17)9-5-7(2)13(14)18-9/h3-5H,1-2H3. The second-order valence-corrected chi connectivity index (χ2v) is 6.32. The zero-order valence-electron chi connectivity index (χ0n) is 9.68. The van der Waals surface area contributed by atoms with E-state index in [0.29, 0.717) is 4.88 Å². The Bertz CT molecular complexity index is 615. The number of hydrogen-bond donors (Lipinski definition) is 0. The van der Waals surface area contributed by atoms with Gasteiger partial charge in [-0.1, -0.05) is 6.07 Å². The van der Waals surface area contributed by atoms with Gasteiger partial charge in [-0.3, -0.25) is 4.79 Å². The van der Waals surface area contributed by atoms with Crippen LogP contribution in [0.2, 0.25) is 0 Å². The summed E-state index contributed by atoms with van der Waals surface area (Å²) in [5.74, 6) is -2.54. The Morgan fingerprint density at radius 3 is 2.39 bits per heavy atom. The molecule has 0 bridgehead atoms. The molecule has 1 aromatic heterocycles. The summed E-state index contributed by atoms with van der Waals surface area (Å²) < 4.78 is 27.9. The lowest BCUT2D eigenvalue weighted by Crippen LogP contribution is -2.05. The molecule has 0 unspecified atom stereocenters. The molecule has 0 radical (unpaired) electrons. The second-order valence-electron chi connectivity index (χ2n) is 3.95. The molecular weight excluding hydrogens is 322 g/mol. The number of benzene rings is 1. The number of aryl methyl sites for hydroxylation is 2. The normalized spacial score (nSPS) is 10.7. The van der Waals surface area contributed by atoms with E-state index in [2.05, 4.69) is 15.9 Å². The molecule has 1 nitrogen and oxygen atoms in total. The van der Waals surface area contributed by atoms with Crippen LogP contribution in [-0.2, 0) is 0 Å². The third kappa shape index (κ3) is 2.24. The minimum atomic E-state index is -1.08. The molecule has 0 aliphatic heterocycles. The van der Waals surface area contributed by atoms with E-state index in [4.69, 9.17) is 0 Å². The van der Waals surface area contributed by atoms with Crippen LogP contribution in [0, 0.1) is 25.5 Å². The van der Waals surface area contributed by atoms with Gasteiger partial charge in [-0.05, 0) is 53.0 Å². The molecule has 0 aliphatic rings. The number of carbonyl (C=O) groups is 1. The van der Waals surface area contributed by atoms with Crippen molar-refractivity contribution in [1.82, 2.24) is 0 Å². The molecule has 18 heavy (non-hydrogen) atoms. The average molecular weight is 331 g/mol. The average Bonchev–Trinajstić information content (AvgIpc) is 2.66. The van der Waals surface area contributed by atoms with Gasteiger partial charge in [0.15, 0.2) is 11.6 Å². The monoisotopic (exact) mass is 330 g/mol. The molecular formula is C13H9BrF2OS. The van der Waals surface area contributed by atoms with E-state index in [9.17, 15) is 13.6 Å². The lowest BCUT2D eigenvalue weighted by molar-refractivity contribution is 0.103. The maximum atomic E-state index is 13.7. The molecule has 0 saturated heterocycles. The van der Waals surface area contributed by atoms with Gasteiger partial charge >= 0.3 is 0 Å². The predicted molar refractivity (Wildman–Crippen MR) is 71.3 cm³/mol. The van der Waals surface area contributed by atoms with Crippen molar-refractivity contribution < 1.29 is 13.6 Å². The van der Waals surface area contributed by atoms with Gasteiger partial charge in [-0.15, -0.1) is 11.3 Å². The summed E-state index contributed by atoms with van der Waals surface area (Å²) in [6.07, 6.45) is 0. The smallest absolute Gasteiger partial charge is 0.206 e. The highest BCUT2D eigenvalue weighted by atomic mass is 79.9. The molecule has 0 amide bonds. The summed E-state index contributed by atoms with van der Waals surface area (Å²) >= 11 is 4.51. The molecule has 0 atom stereocenters. The first-order valence-corrected chi connectivity index (χ1v) is 6.78. The van der Waals surface area contributed by atoms with Gasteiger partial charge in [-0.25, -0.2) is 8.78 Å². The highest BCUT2D eigenvalue weighted by molar-refractivity contribution is 9.11. The van der Waals surface area contributed by atoms with Gasteiger partial charge in [-0.2, -0.15) is 0 Å². The zero-order chi connectivity index (χ0) is 13.4. The van der Waals surface area contributed by atoms with Gasteiger partial charge in [0.25, 0.3) is 0 Å². The zero-order valence-corrected chi connectivity index (χ0v) is 12.1.